The summed E-state index contributed by atoms with van der Waals surface area (Å²) >= 11 is 0. The number of aryl methyl sites for hydroxylation is 2. The number of hydrogen-bond acceptors (Lipinski definition) is 9. The number of aromatic hydroxyl groups is 1. The fraction of sp³-hybridized carbons (Fsp3) is 0.455. The standard InChI is InChI=1S/2C22H30O5S.Ca/c2*1-2-3-4-5-6-7-8-9-11-18-14-15-22(21(23)16-18)27-19-12-10-13-20(17-19)28(24,25)26;/h2*10,12-17,23H,2-9,11H2,1H3,(H,24,25,26);/q;;+2/p-2. The normalized spacial score (nSPS) is 11.3. The summed E-state index contributed by atoms with van der Waals surface area (Å²) in [5, 5.41) is 22.5. The molecule has 0 fully saturated rings. The Morgan fingerprint density at radius 2 is 0.965 bits per heavy atom. The van der Waals surface area contributed by atoms with Crippen LogP contribution in [0.15, 0.2) is 94.7 Å². The molecule has 0 saturated carbocycles. The molecule has 4 aromatic carbocycles. The number of unbranched alkanes of at least 4 members (excludes halogenated alkanes) is 14. The maximum atomic E-state index is 12.3. The molecule has 0 aliphatic rings. The van der Waals surface area contributed by atoms with Crippen molar-refractivity contribution in [3.63, 3.8) is 0 Å². The molecular weight excluding hydrogens is 793 g/mol. The Balaban J connectivity index is 0.000000387. The van der Waals surface area contributed by atoms with Gasteiger partial charge in [0, 0.05) is 6.07 Å². The van der Waals surface area contributed by atoms with Gasteiger partial charge in [-0.2, -0.15) is 8.42 Å². The van der Waals surface area contributed by atoms with E-state index in [-0.39, 0.29) is 82.0 Å². The molecule has 0 aliphatic carbocycles. The van der Waals surface area contributed by atoms with Crippen molar-refractivity contribution >= 4 is 58.0 Å². The van der Waals surface area contributed by atoms with Gasteiger partial charge in [0.1, 0.15) is 27.4 Å². The van der Waals surface area contributed by atoms with Gasteiger partial charge in [0.2, 0.25) is 0 Å². The number of ether oxygens (including phenoxy) is 2. The first-order valence-electron chi connectivity index (χ1n) is 19.9. The molecule has 0 aromatic heterocycles. The van der Waals surface area contributed by atoms with Crippen LogP contribution in [0.25, 0.3) is 0 Å². The van der Waals surface area contributed by atoms with Gasteiger partial charge < -0.3 is 24.2 Å². The van der Waals surface area contributed by atoms with E-state index in [0.717, 1.165) is 49.3 Å². The van der Waals surface area contributed by atoms with E-state index in [1.807, 2.05) is 12.1 Å². The van der Waals surface area contributed by atoms with Gasteiger partial charge in [-0.3, -0.25) is 4.55 Å². The third-order valence-corrected chi connectivity index (χ3v) is 11.0. The number of rotatable bonds is 24. The van der Waals surface area contributed by atoms with Gasteiger partial charge in [0.05, 0.1) is 9.79 Å². The summed E-state index contributed by atoms with van der Waals surface area (Å²) < 4.78 is 75.8. The Labute approximate surface area is 370 Å². The molecule has 10 nitrogen and oxygen atoms in total. The summed E-state index contributed by atoms with van der Waals surface area (Å²) in [4.78, 5) is -0.639. The van der Waals surface area contributed by atoms with Crippen LogP contribution in [0.5, 0.6) is 34.5 Å². The molecular formula is C44H58CaO10S2. The van der Waals surface area contributed by atoms with Gasteiger partial charge in [-0.15, -0.1) is 0 Å². The first kappa shape index (κ1) is 50.3. The van der Waals surface area contributed by atoms with Crippen molar-refractivity contribution in [1.29, 1.82) is 0 Å². The second-order valence-electron chi connectivity index (χ2n) is 14.1. The third-order valence-electron chi connectivity index (χ3n) is 9.32. The fourth-order valence-corrected chi connectivity index (χ4v) is 7.19. The van der Waals surface area contributed by atoms with Gasteiger partial charge in [-0.25, -0.2) is 8.42 Å². The van der Waals surface area contributed by atoms with E-state index in [1.165, 1.54) is 120 Å². The van der Waals surface area contributed by atoms with E-state index < -0.39 is 20.2 Å². The van der Waals surface area contributed by atoms with Crippen molar-refractivity contribution in [3.8, 4) is 34.5 Å². The monoisotopic (exact) mass is 850 g/mol. The van der Waals surface area contributed by atoms with Crippen LogP contribution >= 0.6 is 0 Å². The van der Waals surface area contributed by atoms with Crippen LogP contribution in [0.2, 0.25) is 0 Å². The summed E-state index contributed by atoms with van der Waals surface area (Å²) in [6, 6.07) is 21.0. The molecule has 4 aromatic rings. The molecule has 0 atom stereocenters. The van der Waals surface area contributed by atoms with Crippen LogP contribution < -0.4 is 14.6 Å². The minimum atomic E-state index is -4.56. The Morgan fingerprint density at radius 3 is 1.42 bits per heavy atom. The Kier molecular flexibility index (Phi) is 23.8. The smallest absolute Gasteiger partial charge is 0.870 e. The van der Waals surface area contributed by atoms with Crippen molar-refractivity contribution < 1.29 is 45.6 Å². The minimum absolute atomic E-state index is 0. The molecule has 0 heterocycles. The molecule has 0 unspecified atom stereocenters. The molecule has 4 rings (SSSR count). The number of phenolic OH excluding ortho intramolecular Hbond substituents is 1. The topological polar surface area (TPSA) is 173 Å². The van der Waals surface area contributed by atoms with Crippen molar-refractivity contribution in [2.45, 2.75) is 139 Å². The number of phenols is 1. The molecule has 0 bridgehead atoms. The van der Waals surface area contributed by atoms with Crippen molar-refractivity contribution in [2.24, 2.45) is 0 Å². The molecule has 0 spiro atoms. The Bertz CT molecular complexity index is 1840. The van der Waals surface area contributed by atoms with Crippen molar-refractivity contribution in [2.75, 3.05) is 0 Å². The molecule has 57 heavy (non-hydrogen) atoms. The van der Waals surface area contributed by atoms with E-state index in [0.29, 0.717) is 0 Å². The Hall–Kier alpha value is -2.84. The summed E-state index contributed by atoms with van der Waals surface area (Å²) in [5.74, 6) is 0.472. The molecule has 0 saturated heterocycles. The van der Waals surface area contributed by atoms with E-state index in [4.69, 9.17) is 14.0 Å². The largest absolute Gasteiger partial charge is 2.00 e. The maximum absolute atomic E-state index is 12.3. The first-order chi connectivity index (χ1) is 26.8. The van der Waals surface area contributed by atoms with Gasteiger partial charge in [-0.05, 0) is 85.3 Å². The van der Waals surface area contributed by atoms with Gasteiger partial charge in [0.25, 0.3) is 10.1 Å². The quantitative estimate of drug-likeness (QED) is 0.0392. The summed E-state index contributed by atoms with van der Waals surface area (Å²) in [6.45, 7) is 4.44. The predicted molar refractivity (Wildman–Crippen MR) is 223 cm³/mol. The molecule has 0 amide bonds. The zero-order valence-electron chi connectivity index (χ0n) is 33.5. The zero-order chi connectivity index (χ0) is 40.8. The number of hydrogen-bond donors (Lipinski definition) is 2. The average molecular weight is 851 g/mol. The van der Waals surface area contributed by atoms with E-state index in [2.05, 4.69) is 13.8 Å². The predicted octanol–water partition coefficient (Wildman–Crippen LogP) is 10.9. The summed E-state index contributed by atoms with van der Waals surface area (Å²) in [6.07, 6.45) is 21.8. The molecule has 13 heteroatoms. The van der Waals surface area contributed by atoms with Crippen molar-refractivity contribution in [3.05, 3.63) is 96.1 Å². The van der Waals surface area contributed by atoms with Gasteiger partial charge in [0.15, 0.2) is 11.5 Å². The SMILES string of the molecule is CCCCCCCCCCc1ccc(Oc2cccc(S(=O)(=O)O)c2)c(O)c1.CCCCCCCCCCc1ccc(Oc2cccc(S(=O)(=O)[O-])c2)c([O-])c1.[Ca+2]. The second kappa shape index (κ2) is 27.0. The summed E-state index contributed by atoms with van der Waals surface area (Å²) in [7, 11) is -8.86. The maximum Gasteiger partial charge on any atom is 2.00 e. The van der Waals surface area contributed by atoms with E-state index in [1.54, 1.807) is 30.3 Å². The van der Waals surface area contributed by atoms with Crippen LogP contribution in [-0.2, 0) is 33.1 Å². The van der Waals surface area contributed by atoms with Gasteiger partial charge in [-0.1, -0.05) is 140 Å². The molecule has 0 radical (unpaired) electrons. The average Bonchev–Trinajstić information content (AvgIpc) is 3.16. The first-order valence-corrected chi connectivity index (χ1v) is 22.8. The third kappa shape index (κ3) is 20.1. The molecule has 0 aliphatic heterocycles. The zero-order valence-corrected chi connectivity index (χ0v) is 37.3. The summed E-state index contributed by atoms with van der Waals surface area (Å²) in [5.41, 5.74) is 2.02. The van der Waals surface area contributed by atoms with Crippen LogP contribution in [0.1, 0.15) is 128 Å². The number of benzene rings is 4. The van der Waals surface area contributed by atoms with Crippen LogP contribution in [0.3, 0.4) is 0 Å². The van der Waals surface area contributed by atoms with Crippen LogP contribution in [-0.4, -0.2) is 68.8 Å². The van der Waals surface area contributed by atoms with Crippen molar-refractivity contribution in [1.82, 2.24) is 0 Å². The molecule has 308 valence electrons. The fourth-order valence-electron chi connectivity index (χ4n) is 6.17. The van der Waals surface area contributed by atoms with Gasteiger partial charge >= 0.3 is 37.7 Å². The minimum Gasteiger partial charge on any atom is -0.870 e. The van der Waals surface area contributed by atoms with E-state index >= 15 is 0 Å². The van der Waals surface area contributed by atoms with Crippen LogP contribution in [0.4, 0.5) is 0 Å². The van der Waals surface area contributed by atoms with Crippen LogP contribution in [0, 0.1) is 0 Å². The van der Waals surface area contributed by atoms with E-state index in [9.17, 15) is 31.6 Å². The second-order valence-corrected chi connectivity index (χ2v) is 16.9. The molecule has 2 N–H and O–H groups in total. The Morgan fingerprint density at radius 1 is 0.544 bits per heavy atom.